The average molecular weight is 669 g/mol. The van der Waals surface area contributed by atoms with Crippen LogP contribution in [0.2, 0.25) is 0 Å². The van der Waals surface area contributed by atoms with E-state index >= 15 is 0 Å². The van der Waals surface area contributed by atoms with Gasteiger partial charge in [-0.1, -0.05) is 60.7 Å². The first-order valence-electron chi connectivity index (χ1n) is 16.6. The molecule has 49 heavy (non-hydrogen) atoms. The number of ether oxygens (including phenoxy) is 1. The van der Waals surface area contributed by atoms with Crippen molar-refractivity contribution in [1.29, 1.82) is 0 Å². The lowest BCUT2D eigenvalue weighted by molar-refractivity contribution is -0.121. The van der Waals surface area contributed by atoms with Gasteiger partial charge in [-0.25, -0.2) is 8.78 Å². The van der Waals surface area contributed by atoms with Crippen molar-refractivity contribution in [2.45, 2.75) is 57.7 Å². The second-order valence-corrected chi connectivity index (χ2v) is 12.8. The molecule has 0 aliphatic carbocycles. The van der Waals surface area contributed by atoms with Crippen LogP contribution in [0.4, 0.5) is 8.78 Å². The monoisotopic (exact) mass is 668 g/mol. The Morgan fingerprint density at radius 2 is 1.29 bits per heavy atom. The molecule has 0 aromatic heterocycles. The number of benzene rings is 4. The van der Waals surface area contributed by atoms with Gasteiger partial charge in [0, 0.05) is 65.0 Å². The standard InChI is InChI=1S/C20H20FNO2.C12H15NO.C8H7FO2/c21-16-6-7-19-17(12-16)18(23)13-20(24-19)8-10-22(11-9-20)14-15-4-2-1-3-5-15;14-12-6-8-13(9-7-12)10-11-4-2-1-3-5-11;1-5(10)7-4-6(9)2-3-8(7)11/h1-7,12H,8-11,13-14H2;1-5H,6-10H2;2-4,11H,1H3. The van der Waals surface area contributed by atoms with E-state index in [4.69, 9.17) is 9.84 Å². The van der Waals surface area contributed by atoms with Crippen molar-refractivity contribution in [1.82, 2.24) is 9.80 Å². The molecule has 7 rings (SSSR count). The van der Waals surface area contributed by atoms with E-state index in [9.17, 15) is 23.2 Å². The number of aromatic hydroxyl groups is 1. The van der Waals surface area contributed by atoms with Crippen molar-refractivity contribution in [2.24, 2.45) is 0 Å². The summed E-state index contributed by atoms with van der Waals surface area (Å²) in [6.07, 6.45) is 3.45. The van der Waals surface area contributed by atoms with Crippen LogP contribution in [0.1, 0.15) is 70.9 Å². The van der Waals surface area contributed by atoms with E-state index in [0.29, 0.717) is 23.5 Å². The van der Waals surface area contributed by atoms with Crippen LogP contribution < -0.4 is 4.74 Å². The maximum absolute atomic E-state index is 13.3. The number of ketones is 3. The third-order valence-corrected chi connectivity index (χ3v) is 9.07. The summed E-state index contributed by atoms with van der Waals surface area (Å²) in [5, 5.41) is 9.02. The van der Waals surface area contributed by atoms with Crippen molar-refractivity contribution in [3.63, 3.8) is 0 Å². The van der Waals surface area contributed by atoms with E-state index in [2.05, 4.69) is 58.3 Å². The largest absolute Gasteiger partial charge is 0.507 e. The number of piperidine rings is 2. The van der Waals surface area contributed by atoms with Gasteiger partial charge in [0.1, 0.15) is 34.5 Å². The fraction of sp³-hybridized carbons (Fsp3) is 0.325. The van der Waals surface area contributed by atoms with E-state index < -0.39 is 11.4 Å². The summed E-state index contributed by atoms with van der Waals surface area (Å²) in [6.45, 7) is 6.83. The molecular weight excluding hydrogens is 626 g/mol. The Balaban J connectivity index is 0.000000159. The van der Waals surface area contributed by atoms with Crippen LogP contribution in [0.5, 0.6) is 11.5 Å². The summed E-state index contributed by atoms with van der Waals surface area (Å²) >= 11 is 0. The highest BCUT2D eigenvalue weighted by Gasteiger charge is 2.43. The van der Waals surface area contributed by atoms with E-state index in [-0.39, 0.29) is 28.7 Å². The van der Waals surface area contributed by atoms with Gasteiger partial charge in [-0.3, -0.25) is 24.2 Å². The SMILES string of the molecule is CC(=O)c1cc(F)ccc1O.O=C1CC2(CCN(Cc3ccccc3)CC2)Oc2ccc(F)cc21.O=C1CCN(Cc2ccccc2)CC1. The molecule has 3 heterocycles. The molecule has 3 aliphatic heterocycles. The number of phenolic OH excluding ortho intramolecular Hbond substituents is 1. The van der Waals surface area contributed by atoms with Crippen molar-refractivity contribution >= 4 is 17.3 Å². The molecule has 256 valence electrons. The van der Waals surface area contributed by atoms with E-state index in [0.717, 1.165) is 83.2 Å². The number of hydrogen-bond donors (Lipinski definition) is 1. The Morgan fingerprint density at radius 1 is 0.755 bits per heavy atom. The topological polar surface area (TPSA) is 87.1 Å². The maximum atomic E-state index is 13.3. The van der Waals surface area contributed by atoms with Gasteiger partial charge in [0.15, 0.2) is 11.6 Å². The van der Waals surface area contributed by atoms with Crippen molar-refractivity contribution in [2.75, 3.05) is 26.2 Å². The van der Waals surface area contributed by atoms with E-state index in [1.165, 1.54) is 30.2 Å². The maximum Gasteiger partial charge on any atom is 0.170 e. The van der Waals surface area contributed by atoms with Crippen molar-refractivity contribution in [3.05, 3.63) is 131 Å². The smallest absolute Gasteiger partial charge is 0.170 e. The third kappa shape index (κ3) is 10.1. The van der Waals surface area contributed by atoms with Gasteiger partial charge in [-0.2, -0.15) is 0 Å². The zero-order chi connectivity index (χ0) is 34.8. The first kappa shape index (κ1) is 35.6. The number of halogens is 2. The van der Waals surface area contributed by atoms with Crippen LogP contribution in [-0.2, 0) is 17.9 Å². The Labute approximate surface area is 286 Å². The summed E-state index contributed by atoms with van der Waals surface area (Å²) in [7, 11) is 0. The molecule has 2 saturated heterocycles. The second kappa shape index (κ2) is 16.6. The molecule has 4 aromatic carbocycles. The molecular formula is C40H42F2N2O5. The fourth-order valence-electron chi connectivity index (χ4n) is 6.30. The Hall–Kier alpha value is -4.73. The number of rotatable bonds is 5. The number of fused-ring (bicyclic) bond motifs is 1. The second-order valence-electron chi connectivity index (χ2n) is 12.8. The zero-order valence-electron chi connectivity index (χ0n) is 27.7. The van der Waals surface area contributed by atoms with E-state index in [1.807, 2.05) is 12.1 Å². The quantitative estimate of drug-likeness (QED) is 0.222. The Kier molecular flexibility index (Phi) is 12.0. The predicted octanol–water partition coefficient (Wildman–Crippen LogP) is 7.41. The summed E-state index contributed by atoms with van der Waals surface area (Å²) < 4.78 is 32.0. The molecule has 0 bridgehead atoms. The Morgan fingerprint density at radius 3 is 1.84 bits per heavy atom. The normalized spacial score (nSPS) is 17.1. The van der Waals surface area contributed by atoms with Crippen LogP contribution in [0.15, 0.2) is 97.1 Å². The molecule has 0 atom stereocenters. The van der Waals surface area contributed by atoms with Crippen molar-refractivity contribution in [3.8, 4) is 11.5 Å². The number of hydrogen-bond acceptors (Lipinski definition) is 7. The first-order valence-corrected chi connectivity index (χ1v) is 16.6. The van der Waals surface area contributed by atoms with Gasteiger partial charge in [0.2, 0.25) is 0 Å². The molecule has 3 aliphatic rings. The lowest BCUT2D eigenvalue weighted by Gasteiger charge is -2.44. The number of nitrogens with zero attached hydrogens (tertiary/aromatic N) is 2. The molecule has 7 nitrogen and oxygen atoms in total. The molecule has 0 amide bonds. The molecule has 1 spiro atoms. The number of carbonyl (C=O) groups is 3. The molecule has 4 aromatic rings. The van der Waals surface area contributed by atoms with Gasteiger partial charge >= 0.3 is 0 Å². The van der Waals surface area contributed by atoms with Crippen LogP contribution in [0.25, 0.3) is 0 Å². The lowest BCUT2D eigenvalue weighted by atomic mass is 9.82. The van der Waals surface area contributed by atoms with Gasteiger partial charge in [0.05, 0.1) is 17.5 Å². The van der Waals surface area contributed by atoms with Gasteiger partial charge in [-0.05, 0) is 54.4 Å². The molecule has 9 heteroatoms. The number of Topliss-reactive ketones (excluding diaryl/α,β-unsaturated/α-hetero) is 3. The highest BCUT2D eigenvalue weighted by molar-refractivity contribution is 6.00. The average Bonchev–Trinajstić information content (AvgIpc) is 3.10. The molecule has 2 fully saturated rings. The third-order valence-electron chi connectivity index (χ3n) is 9.07. The van der Waals surface area contributed by atoms with Crippen molar-refractivity contribution < 1.29 is 33.0 Å². The minimum atomic E-state index is -0.520. The summed E-state index contributed by atoms with van der Waals surface area (Å²) in [4.78, 5) is 38.9. The molecule has 0 radical (unpaired) electrons. The Bertz CT molecular complexity index is 1730. The fourth-order valence-corrected chi connectivity index (χ4v) is 6.30. The number of likely N-dealkylation sites (tertiary alicyclic amines) is 2. The summed E-state index contributed by atoms with van der Waals surface area (Å²) in [5.41, 5.74) is 2.61. The van der Waals surface area contributed by atoms with Crippen LogP contribution >= 0.6 is 0 Å². The van der Waals surface area contributed by atoms with Crippen LogP contribution in [0, 0.1) is 11.6 Å². The number of carbonyl (C=O) groups excluding carboxylic acids is 3. The first-order chi connectivity index (χ1) is 23.6. The lowest BCUT2D eigenvalue weighted by Crippen LogP contribution is -2.50. The van der Waals surface area contributed by atoms with Crippen LogP contribution in [-0.4, -0.2) is 64.0 Å². The van der Waals surface area contributed by atoms with Gasteiger partial charge in [0.25, 0.3) is 0 Å². The zero-order valence-corrected chi connectivity index (χ0v) is 27.7. The van der Waals surface area contributed by atoms with Gasteiger partial charge < -0.3 is 9.84 Å². The van der Waals surface area contributed by atoms with E-state index in [1.54, 1.807) is 6.07 Å². The minimum Gasteiger partial charge on any atom is -0.507 e. The van der Waals surface area contributed by atoms with Gasteiger partial charge in [-0.15, -0.1) is 0 Å². The summed E-state index contributed by atoms with van der Waals surface area (Å²) in [6, 6.07) is 28.3. The molecule has 1 N–H and O–H groups in total. The number of phenols is 1. The molecule has 0 saturated carbocycles. The highest BCUT2D eigenvalue weighted by Crippen LogP contribution is 2.39. The highest BCUT2D eigenvalue weighted by atomic mass is 19.1. The minimum absolute atomic E-state index is 0.00717. The predicted molar refractivity (Wildman–Crippen MR) is 184 cm³/mol. The summed E-state index contributed by atoms with van der Waals surface area (Å²) in [5.74, 6) is -0.501. The van der Waals surface area contributed by atoms with Crippen LogP contribution in [0.3, 0.4) is 0 Å². The molecule has 0 unspecified atom stereocenters.